The maximum absolute atomic E-state index is 13.6. The zero-order chi connectivity index (χ0) is 13.3. The summed E-state index contributed by atoms with van der Waals surface area (Å²) in [6.07, 6.45) is 3.23. The summed E-state index contributed by atoms with van der Waals surface area (Å²) in [5, 5.41) is 13.2. The number of nitro benzene ring substituents is 1. The molecular weight excluding hydrogens is 242 g/mol. The Kier molecular flexibility index (Phi) is 3.45. The molecule has 2 rings (SSSR count). The number of hydrogen-bond donors (Lipinski definition) is 1. The van der Waals surface area contributed by atoms with Crippen LogP contribution in [-0.4, -0.2) is 11.0 Å². The van der Waals surface area contributed by atoms with Gasteiger partial charge in [-0.15, -0.1) is 0 Å². The third-order valence-corrected chi connectivity index (χ3v) is 3.47. The summed E-state index contributed by atoms with van der Waals surface area (Å²) in [4.78, 5) is 9.64. The van der Waals surface area contributed by atoms with E-state index in [4.69, 9.17) is 0 Å². The van der Waals surface area contributed by atoms with Gasteiger partial charge in [-0.25, -0.2) is 8.78 Å². The van der Waals surface area contributed by atoms with Crippen LogP contribution in [-0.2, 0) is 0 Å². The molecule has 1 N–H and O–H groups in total. The van der Waals surface area contributed by atoms with Gasteiger partial charge in [0.05, 0.1) is 17.1 Å². The highest BCUT2D eigenvalue weighted by Gasteiger charge is 2.26. The first-order chi connectivity index (χ1) is 8.49. The molecule has 1 aromatic rings. The van der Waals surface area contributed by atoms with Crippen molar-refractivity contribution in [1.82, 2.24) is 0 Å². The van der Waals surface area contributed by atoms with Crippen molar-refractivity contribution in [2.75, 3.05) is 5.32 Å². The molecule has 0 aromatic heterocycles. The molecule has 4 nitrogen and oxygen atoms in total. The van der Waals surface area contributed by atoms with E-state index in [9.17, 15) is 18.9 Å². The van der Waals surface area contributed by atoms with Crippen LogP contribution < -0.4 is 5.32 Å². The van der Waals surface area contributed by atoms with Crippen molar-refractivity contribution in [3.8, 4) is 0 Å². The van der Waals surface area contributed by atoms with Gasteiger partial charge in [-0.2, -0.15) is 0 Å². The van der Waals surface area contributed by atoms with E-state index in [1.54, 1.807) is 0 Å². The Morgan fingerprint density at radius 3 is 2.33 bits per heavy atom. The molecule has 1 atom stereocenters. The van der Waals surface area contributed by atoms with E-state index in [1.807, 2.05) is 6.92 Å². The Balaban J connectivity index is 2.19. The van der Waals surface area contributed by atoms with Crippen LogP contribution in [0.5, 0.6) is 0 Å². The van der Waals surface area contributed by atoms with Crippen molar-refractivity contribution in [2.24, 2.45) is 5.92 Å². The zero-order valence-corrected chi connectivity index (χ0v) is 9.95. The summed E-state index contributed by atoms with van der Waals surface area (Å²) in [6, 6.07) is 1.43. The van der Waals surface area contributed by atoms with Gasteiger partial charge in [0.1, 0.15) is 5.69 Å². The quantitative estimate of drug-likeness (QED) is 0.662. The number of halogens is 2. The SMILES string of the molecule is CC(Nc1c(F)cc([N+](=O)[O-])cc1F)C1CCC1. The van der Waals surface area contributed by atoms with E-state index in [-0.39, 0.29) is 11.7 Å². The minimum absolute atomic E-state index is 0.0378. The lowest BCUT2D eigenvalue weighted by Gasteiger charge is -2.32. The second-order valence-corrected chi connectivity index (χ2v) is 4.67. The van der Waals surface area contributed by atoms with E-state index < -0.39 is 22.2 Å². The Hall–Kier alpha value is -1.72. The number of hydrogen-bond acceptors (Lipinski definition) is 3. The Labute approximate surface area is 103 Å². The van der Waals surface area contributed by atoms with Crippen molar-refractivity contribution in [3.63, 3.8) is 0 Å². The predicted octanol–water partition coefficient (Wildman–Crippen LogP) is 3.47. The molecule has 0 amide bonds. The van der Waals surface area contributed by atoms with E-state index in [0.29, 0.717) is 5.92 Å². The first-order valence-electron chi connectivity index (χ1n) is 5.89. The van der Waals surface area contributed by atoms with Crippen LogP contribution in [0.15, 0.2) is 12.1 Å². The molecule has 1 aliphatic carbocycles. The molecule has 1 unspecified atom stereocenters. The van der Waals surface area contributed by atoms with Crippen LogP contribution in [0.4, 0.5) is 20.2 Å². The second-order valence-electron chi connectivity index (χ2n) is 4.67. The molecule has 0 saturated heterocycles. The fraction of sp³-hybridized carbons (Fsp3) is 0.500. The lowest BCUT2D eigenvalue weighted by Crippen LogP contribution is -2.31. The average Bonchev–Trinajstić information content (AvgIpc) is 2.20. The van der Waals surface area contributed by atoms with E-state index in [2.05, 4.69) is 5.32 Å². The van der Waals surface area contributed by atoms with Crippen molar-refractivity contribution in [2.45, 2.75) is 32.2 Å². The number of nitrogens with zero attached hydrogens (tertiary/aromatic N) is 1. The normalized spacial score (nSPS) is 17.1. The van der Waals surface area contributed by atoms with Gasteiger partial charge in [0.15, 0.2) is 11.6 Å². The maximum atomic E-state index is 13.6. The number of benzene rings is 1. The van der Waals surface area contributed by atoms with Crippen molar-refractivity contribution < 1.29 is 13.7 Å². The van der Waals surface area contributed by atoms with Crippen LogP contribution in [0, 0.1) is 27.7 Å². The third kappa shape index (κ3) is 2.42. The summed E-state index contributed by atoms with van der Waals surface area (Å²) in [6.45, 7) is 1.87. The predicted molar refractivity (Wildman–Crippen MR) is 63.4 cm³/mol. The second kappa shape index (κ2) is 4.88. The molecule has 98 valence electrons. The molecule has 6 heteroatoms. The number of rotatable bonds is 4. The molecular formula is C12H14F2N2O2. The lowest BCUT2D eigenvalue weighted by molar-refractivity contribution is -0.385. The average molecular weight is 256 g/mol. The van der Waals surface area contributed by atoms with Gasteiger partial charge in [0.25, 0.3) is 5.69 Å². The first-order valence-corrected chi connectivity index (χ1v) is 5.89. The molecule has 0 radical (unpaired) electrons. The lowest BCUT2D eigenvalue weighted by atomic mass is 9.80. The largest absolute Gasteiger partial charge is 0.378 e. The van der Waals surface area contributed by atoms with E-state index in [1.165, 1.54) is 0 Å². The molecule has 0 heterocycles. The monoisotopic (exact) mass is 256 g/mol. The smallest absolute Gasteiger partial charge is 0.275 e. The fourth-order valence-electron chi connectivity index (χ4n) is 2.09. The fourth-order valence-corrected chi connectivity index (χ4v) is 2.09. The van der Waals surface area contributed by atoms with E-state index >= 15 is 0 Å². The Morgan fingerprint density at radius 2 is 1.94 bits per heavy atom. The van der Waals surface area contributed by atoms with E-state index in [0.717, 1.165) is 31.4 Å². The zero-order valence-electron chi connectivity index (χ0n) is 9.95. The molecule has 0 bridgehead atoms. The number of nitro groups is 1. The van der Waals surface area contributed by atoms with Gasteiger partial charge in [-0.1, -0.05) is 6.42 Å². The van der Waals surface area contributed by atoms with Crippen LogP contribution in [0.1, 0.15) is 26.2 Å². The molecule has 18 heavy (non-hydrogen) atoms. The van der Waals surface area contributed by atoms with Crippen LogP contribution in [0.25, 0.3) is 0 Å². The molecule has 1 aromatic carbocycles. The van der Waals surface area contributed by atoms with Gasteiger partial charge < -0.3 is 5.32 Å². The molecule has 1 saturated carbocycles. The summed E-state index contributed by atoms with van der Waals surface area (Å²) in [5.74, 6) is -1.43. The topological polar surface area (TPSA) is 55.2 Å². The summed E-state index contributed by atoms with van der Waals surface area (Å²) in [5.41, 5.74) is -0.855. The molecule has 0 aliphatic heterocycles. The highest BCUT2D eigenvalue weighted by molar-refractivity contribution is 5.52. The number of nitrogens with one attached hydrogen (secondary N) is 1. The summed E-state index contributed by atoms with van der Waals surface area (Å²) in [7, 11) is 0. The van der Waals surface area contributed by atoms with Gasteiger partial charge >= 0.3 is 0 Å². The summed E-state index contributed by atoms with van der Waals surface area (Å²) >= 11 is 0. The van der Waals surface area contributed by atoms with Crippen LogP contribution in [0.2, 0.25) is 0 Å². The van der Waals surface area contributed by atoms with Crippen LogP contribution >= 0.6 is 0 Å². The minimum atomic E-state index is -0.923. The third-order valence-electron chi connectivity index (χ3n) is 3.47. The van der Waals surface area contributed by atoms with Gasteiger partial charge in [0.2, 0.25) is 0 Å². The minimum Gasteiger partial charge on any atom is -0.378 e. The van der Waals surface area contributed by atoms with Gasteiger partial charge in [-0.05, 0) is 25.7 Å². The number of non-ortho nitro benzene ring substituents is 1. The van der Waals surface area contributed by atoms with Crippen molar-refractivity contribution in [3.05, 3.63) is 33.9 Å². The van der Waals surface area contributed by atoms with Gasteiger partial charge in [0, 0.05) is 6.04 Å². The first kappa shape index (κ1) is 12.7. The Morgan fingerprint density at radius 1 is 1.39 bits per heavy atom. The van der Waals surface area contributed by atoms with Crippen LogP contribution in [0.3, 0.4) is 0 Å². The van der Waals surface area contributed by atoms with Crippen molar-refractivity contribution in [1.29, 1.82) is 0 Å². The maximum Gasteiger partial charge on any atom is 0.275 e. The highest BCUT2D eigenvalue weighted by atomic mass is 19.1. The molecule has 1 fully saturated rings. The Bertz CT molecular complexity index is 452. The molecule has 1 aliphatic rings. The number of anilines is 1. The van der Waals surface area contributed by atoms with Gasteiger partial charge in [-0.3, -0.25) is 10.1 Å². The standard InChI is InChI=1S/C12H14F2N2O2/c1-7(8-3-2-4-8)15-12-10(13)5-9(16(17)18)6-11(12)14/h5-8,15H,2-4H2,1H3. The summed E-state index contributed by atoms with van der Waals surface area (Å²) < 4.78 is 27.2. The highest BCUT2D eigenvalue weighted by Crippen LogP contribution is 2.33. The van der Waals surface area contributed by atoms with Crippen molar-refractivity contribution >= 4 is 11.4 Å². The molecule has 0 spiro atoms.